The summed E-state index contributed by atoms with van der Waals surface area (Å²) in [6.45, 7) is 1.03. The van der Waals surface area contributed by atoms with E-state index in [1.165, 1.54) is 6.42 Å². The Morgan fingerprint density at radius 3 is 3.21 bits per heavy atom. The van der Waals surface area contributed by atoms with Crippen molar-refractivity contribution in [2.45, 2.75) is 24.9 Å². The molecular weight excluding hydrogens is 240 g/mol. The maximum absolute atomic E-state index is 12.2. The van der Waals surface area contributed by atoms with Crippen LogP contribution >= 0.6 is 0 Å². The molecule has 2 aromatic rings. The summed E-state index contributed by atoms with van der Waals surface area (Å²) in [5.41, 5.74) is 1.50. The number of hydrogen-bond acceptors (Lipinski definition) is 3. The Morgan fingerprint density at radius 1 is 1.47 bits per heavy atom. The van der Waals surface area contributed by atoms with Crippen LogP contribution in [0.3, 0.4) is 0 Å². The Kier molecular flexibility index (Phi) is 2.35. The van der Waals surface area contributed by atoms with E-state index in [4.69, 9.17) is 0 Å². The van der Waals surface area contributed by atoms with Gasteiger partial charge in [0.15, 0.2) is 0 Å². The highest BCUT2D eigenvalue weighted by atomic mass is 16.1. The van der Waals surface area contributed by atoms with Crippen LogP contribution in [-0.4, -0.2) is 33.9 Å². The van der Waals surface area contributed by atoms with E-state index in [0.29, 0.717) is 23.7 Å². The lowest BCUT2D eigenvalue weighted by Crippen LogP contribution is -2.44. The van der Waals surface area contributed by atoms with Crippen molar-refractivity contribution in [1.29, 1.82) is 0 Å². The van der Waals surface area contributed by atoms with Crippen molar-refractivity contribution < 1.29 is 4.79 Å². The Balaban J connectivity index is 1.53. The number of hydrogen-bond donors (Lipinski definition) is 2. The van der Waals surface area contributed by atoms with Crippen molar-refractivity contribution in [3.8, 4) is 0 Å². The van der Waals surface area contributed by atoms with E-state index < -0.39 is 0 Å². The third-order valence-corrected chi connectivity index (χ3v) is 4.33. The molecule has 2 aromatic heterocycles. The van der Waals surface area contributed by atoms with Crippen molar-refractivity contribution in [1.82, 2.24) is 20.0 Å². The standard InChI is InChI=1S/C14H16N4O/c19-14(17-12-5-10-4-9(12)7-15-10)13-6-11-2-1-3-18(11)8-16-13/h1-3,6,8-10,12,15H,4-5,7H2,(H,17,19)/t9-,10+,12-/m1/s1. The van der Waals surface area contributed by atoms with E-state index in [2.05, 4.69) is 15.6 Å². The molecule has 0 unspecified atom stereocenters. The molecule has 1 saturated carbocycles. The maximum atomic E-state index is 12.2. The molecule has 3 atom stereocenters. The number of nitrogens with zero attached hydrogens (tertiary/aromatic N) is 2. The van der Waals surface area contributed by atoms with Gasteiger partial charge < -0.3 is 15.0 Å². The monoisotopic (exact) mass is 256 g/mol. The normalized spacial score (nSPS) is 28.9. The molecule has 2 bridgehead atoms. The molecular formula is C14H16N4O. The molecule has 0 spiro atoms. The van der Waals surface area contributed by atoms with Gasteiger partial charge in [-0.05, 0) is 37.0 Å². The van der Waals surface area contributed by atoms with Gasteiger partial charge in [0.2, 0.25) is 0 Å². The van der Waals surface area contributed by atoms with Gasteiger partial charge in [-0.2, -0.15) is 0 Å². The van der Waals surface area contributed by atoms with Crippen molar-refractivity contribution in [2.24, 2.45) is 5.92 Å². The Bertz CT molecular complexity index is 635. The van der Waals surface area contributed by atoms with Crippen LogP contribution in [0.5, 0.6) is 0 Å². The van der Waals surface area contributed by atoms with Crippen molar-refractivity contribution in [2.75, 3.05) is 6.54 Å². The number of rotatable bonds is 2. The minimum atomic E-state index is -0.0544. The summed E-state index contributed by atoms with van der Waals surface area (Å²) in [5.74, 6) is 0.534. The maximum Gasteiger partial charge on any atom is 0.270 e. The Morgan fingerprint density at radius 2 is 2.42 bits per heavy atom. The first kappa shape index (κ1) is 11.0. The number of carbonyl (C=O) groups excluding carboxylic acids is 1. The zero-order chi connectivity index (χ0) is 12.8. The molecule has 0 radical (unpaired) electrons. The number of amides is 1. The lowest BCUT2D eigenvalue weighted by atomic mass is 10.0. The van der Waals surface area contributed by atoms with Crippen LogP contribution in [0.4, 0.5) is 0 Å². The highest BCUT2D eigenvalue weighted by Gasteiger charge is 2.40. The number of aromatic nitrogens is 2. The van der Waals surface area contributed by atoms with Gasteiger partial charge in [0.25, 0.3) is 5.91 Å². The zero-order valence-corrected chi connectivity index (χ0v) is 10.5. The number of nitrogens with one attached hydrogen (secondary N) is 2. The molecule has 3 heterocycles. The van der Waals surface area contributed by atoms with E-state index >= 15 is 0 Å². The first-order valence-electron chi connectivity index (χ1n) is 6.76. The van der Waals surface area contributed by atoms with Crippen LogP contribution in [0, 0.1) is 5.92 Å². The summed E-state index contributed by atoms with van der Waals surface area (Å²) in [4.78, 5) is 16.5. The molecule has 1 amide bonds. The third-order valence-electron chi connectivity index (χ3n) is 4.33. The Hall–Kier alpha value is -1.88. The van der Waals surface area contributed by atoms with Gasteiger partial charge in [-0.3, -0.25) is 4.79 Å². The van der Waals surface area contributed by atoms with Gasteiger partial charge in [-0.25, -0.2) is 4.98 Å². The van der Waals surface area contributed by atoms with E-state index in [9.17, 15) is 4.79 Å². The van der Waals surface area contributed by atoms with Crippen molar-refractivity contribution in [3.05, 3.63) is 36.4 Å². The van der Waals surface area contributed by atoms with Crippen LogP contribution in [0.1, 0.15) is 23.3 Å². The summed E-state index contributed by atoms with van der Waals surface area (Å²) >= 11 is 0. The summed E-state index contributed by atoms with van der Waals surface area (Å²) in [7, 11) is 0. The summed E-state index contributed by atoms with van der Waals surface area (Å²) in [6, 6.07) is 6.65. The lowest BCUT2D eigenvalue weighted by Gasteiger charge is -2.23. The lowest BCUT2D eigenvalue weighted by molar-refractivity contribution is 0.0920. The largest absolute Gasteiger partial charge is 0.348 e. The Labute approximate surface area is 111 Å². The fourth-order valence-electron chi connectivity index (χ4n) is 3.31. The van der Waals surface area contributed by atoms with E-state index in [0.717, 1.165) is 18.5 Å². The molecule has 2 fully saturated rings. The number of fused-ring (bicyclic) bond motifs is 3. The molecule has 2 N–H and O–H groups in total. The topological polar surface area (TPSA) is 58.4 Å². The molecule has 4 rings (SSSR count). The average Bonchev–Trinajstić information content (AvgIpc) is 3.13. The summed E-state index contributed by atoms with van der Waals surface area (Å²) < 4.78 is 1.90. The highest BCUT2D eigenvalue weighted by molar-refractivity contribution is 5.93. The molecule has 5 nitrogen and oxygen atoms in total. The minimum Gasteiger partial charge on any atom is -0.348 e. The second-order valence-electron chi connectivity index (χ2n) is 5.53. The molecule has 2 aliphatic rings. The smallest absolute Gasteiger partial charge is 0.270 e. The fourth-order valence-corrected chi connectivity index (χ4v) is 3.31. The first-order valence-corrected chi connectivity index (χ1v) is 6.76. The molecule has 98 valence electrons. The molecule has 5 heteroatoms. The zero-order valence-electron chi connectivity index (χ0n) is 10.5. The van der Waals surface area contributed by atoms with Crippen LogP contribution in [0.15, 0.2) is 30.7 Å². The average molecular weight is 256 g/mol. The molecule has 1 aliphatic carbocycles. The highest BCUT2D eigenvalue weighted by Crippen LogP contribution is 2.31. The SMILES string of the molecule is O=C(N[C@@H]1C[C@@H]2C[C@@H]1CN2)c1cc2cccn2cn1. The fraction of sp³-hybridized carbons (Fsp3) is 0.429. The predicted molar refractivity (Wildman–Crippen MR) is 71.0 cm³/mol. The number of carbonyl (C=O) groups is 1. The first-order chi connectivity index (χ1) is 9.29. The number of piperidine rings is 1. The van der Waals surface area contributed by atoms with Gasteiger partial charge >= 0.3 is 0 Å². The molecule has 1 aliphatic heterocycles. The third kappa shape index (κ3) is 1.81. The second-order valence-corrected chi connectivity index (χ2v) is 5.53. The molecule has 0 aromatic carbocycles. The molecule has 19 heavy (non-hydrogen) atoms. The molecule has 1 saturated heterocycles. The summed E-state index contributed by atoms with van der Waals surface area (Å²) in [6.07, 6.45) is 5.85. The van der Waals surface area contributed by atoms with E-state index in [1.807, 2.05) is 28.8 Å². The van der Waals surface area contributed by atoms with Gasteiger partial charge in [0.1, 0.15) is 5.69 Å². The predicted octanol–water partition coefficient (Wildman–Crippen LogP) is 0.814. The van der Waals surface area contributed by atoms with Crippen LogP contribution in [0.2, 0.25) is 0 Å². The van der Waals surface area contributed by atoms with E-state index in [-0.39, 0.29) is 5.91 Å². The second kappa shape index (κ2) is 4.06. The van der Waals surface area contributed by atoms with Crippen molar-refractivity contribution >= 4 is 11.4 Å². The van der Waals surface area contributed by atoms with E-state index in [1.54, 1.807) is 6.33 Å². The van der Waals surface area contributed by atoms with Crippen LogP contribution < -0.4 is 10.6 Å². The van der Waals surface area contributed by atoms with Crippen LogP contribution in [-0.2, 0) is 0 Å². The summed E-state index contributed by atoms with van der Waals surface area (Å²) in [5, 5.41) is 6.58. The van der Waals surface area contributed by atoms with Gasteiger partial charge in [-0.1, -0.05) is 0 Å². The van der Waals surface area contributed by atoms with Crippen LogP contribution in [0.25, 0.3) is 5.52 Å². The minimum absolute atomic E-state index is 0.0544. The van der Waals surface area contributed by atoms with Gasteiger partial charge in [0.05, 0.1) is 6.33 Å². The van der Waals surface area contributed by atoms with Gasteiger partial charge in [-0.15, -0.1) is 0 Å². The van der Waals surface area contributed by atoms with Crippen molar-refractivity contribution in [3.63, 3.8) is 0 Å². The quantitative estimate of drug-likeness (QED) is 0.836. The van der Waals surface area contributed by atoms with Gasteiger partial charge in [0, 0.05) is 30.3 Å².